The third-order valence-corrected chi connectivity index (χ3v) is 4.23. The van der Waals surface area contributed by atoms with Crippen LogP contribution in [0.2, 0.25) is 0 Å². The van der Waals surface area contributed by atoms with Gasteiger partial charge in [0.05, 0.1) is 6.10 Å². The highest BCUT2D eigenvalue weighted by atomic mass is 32.1. The van der Waals surface area contributed by atoms with Gasteiger partial charge in [-0.2, -0.15) is 11.3 Å². The minimum absolute atomic E-state index is 0.134. The molecule has 0 bridgehead atoms. The van der Waals surface area contributed by atoms with Gasteiger partial charge in [-0.3, -0.25) is 4.99 Å². The lowest BCUT2D eigenvalue weighted by Gasteiger charge is -2.15. The fourth-order valence-electron chi connectivity index (χ4n) is 2.16. The molecule has 0 aliphatic carbocycles. The van der Waals surface area contributed by atoms with E-state index in [1.165, 1.54) is 5.56 Å². The highest BCUT2D eigenvalue weighted by Gasteiger charge is 2.07. The summed E-state index contributed by atoms with van der Waals surface area (Å²) in [5.41, 5.74) is 2.44. The molecule has 2 N–H and O–H groups in total. The van der Waals surface area contributed by atoms with Crippen LogP contribution in [0.25, 0.3) is 0 Å². The Morgan fingerprint density at radius 1 is 1.25 bits per heavy atom. The van der Waals surface area contributed by atoms with Crippen molar-refractivity contribution in [1.29, 1.82) is 0 Å². The molecule has 0 aromatic carbocycles. The molecule has 0 aliphatic rings. The Labute approximate surface area is 148 Å². The number of aromatic nitrogens is 1. The number of ether oxygens (including phenoxy) is 1. The Kier molecular flexibility index (Phi) is 7.06. The van der Waals surface area contributed by atoms with Gasteiger partial charge in [-0.1, -0.05) is 13.0 Å². The van der Waals surface area contributed by atoms with Crippen LogP contribution in [0.5, 0.6) is 5.88 Å². The molecule has 0 saturated carbocycles. The van der Waals surface area contributed by atoms with Crippen molar-refractivity contribution in [3.05, 3.63) is 46.3 Å². The minimum Gasteiger partial charge on any atom is -0.475 e. The lowest BCUT2D eigenvalue weighted by Crippen LogP contribution is -2.38. The number of thiophene rings is 1. The zero-order chi connectivity index (χ0) is 17.4. The normalized spacial score (nSPS) is 13.0. The van der Waals surface area contributed by atoms with Gasteiger partial charge in [-0.05, 0) is 47.7 Å². The molecule has 1 unspecified atom stereocenters. The Morgan fingerprint density at radius 2 is 2.08 bits per heavy atom. The van der Waals surface area contributed by atoms with E-state index < -0.39 is 0 Å². The van der Waals surface area contributed by atoms with Gasteiger partial charge in [0, 0.05) is 32.4 Å². The van der Waals surface area contributed by atoms with Gasteiger partial charge in [-0.25, -0.2) is 4.98 Å². The molecule has 5 nitrogen and oxygen atoms in total. The summed E-state index contributed by atoms with van der Waals surface area (Å²) in [5.74, 6) is 1.89. The monoisotopic (exact) mass is 346 g/mol. The Morgan fingerprint density at radius 3 is 2.67 bits per heavy atom. The summed E-state index contributed by atoms with van der Waals surface area (Å²) in [4.78, 5) is 8.57. The second-order valence-corrected chi connectivity index (χ2v) is 6.72. The average molecular weight is 347 g/mol. The zero-order valence-corrected chi connectivity index (χ0v) is 15.6. The fraction of sp³-hybridized carbons (Fsp3) is 0.444. The third-order valence-electron chi connectivity index (χ3n) is 3.53. The second kappa shape index (κ2) is 9.27. The summed E-state index contributed by atoms with van der Waals surface area (Å²) in [6, 6.07) is 6.07. The van der Waals surface area contributed by atoms with Crippen LogP contribution in [-0.2, 0) is 6.54 Å². The van der Waals surface area contributed by atoms with Crippen LogP contribution >= 0.6 is 11.3 Å². The topological polar surface area (TPSA) is 58.5 Å². The molecule has 24 heavy (non-hydrogen) atoms. The van der Waals surface area contributed by atoms with Gasteiger partial charge in [0.15, 0.2) is 5.96 Å². The second-order valence-electron chi connectivity index (χ2n) is 5.94. The Bertz CT molecular complexity index is 623. The Hall–Kier alpha value is -2.08. The fourth-order valence-corrected chi connectivity index (χ4v) is 2.94. The van der Waals surface area contributed by atoms with Crippen molar-refractivity contribution in [2.45, 2.75) is 39.3 Å². The molecule has 2 heterocycles. The van der Waals surface area contributed by atoms with Crippen molar-refractivity contribution < 1.29 is 4.74 Å². The lowest BCUT2D eigenvalue weighted by molar-refractivity contribution is 0.232. The van der Waals surface area contributed by atoms with Crippen LogP contribution < -0.4 is 15.4 Å². The summed E-state index contributed by atoms with van der Waals surface area (Å²) in [6.45, 7) is 7.70. The first kappa shape index (κ1) is 18.3. The molecule has 0 aliphatic heterocycles. The maximum absolute atomic E-state index is 5.55. The van der Waals surface area contributed by atoms with Crippen molar-refractivity contribution in [2.24, 2.45) is 4.99 Å². The molecule has 0 amide bonds. The highest BCUT2D eigenvalue weighted by Crippen LogP contribution is 2.17. The molecule has 130 valence electrons. The predicted octanol–water partition coefficient (Wildman–Crippen LogP) is 3.40. The number of guanidine groups is 1. The summed E-state index contributed by atoms with van der Waals surface area (Å²) < 4.78 is 5.55. The SMILES string of the molecule is CN=C(NCc1ccc(OC(C)C)nc1)NCC(C)c1ccsc1. The van der Waals surface area contributed by atoms with Gasteiger partial charge in [0.2, 0.25) is 5.88 Å². The van der Waals surface area contributed by atoms with Crippen LogP contribution in [0.15, 0.2) is 40.1 Å². The number of nitrogens with one attached hydrogen (secondary N) is 2. The maximum Gasteiger partial charge on any atom is 0.213 e. The van der Waals surface area contributed by atoms with E-state index in [1.54, 1.807) is 18.4 Å². The first-order chi connectivity index (χ1) is 11.6. The van der Waals surface area contributed by atoms with Gasteiger partial charge in [-0.15, -0.1) is 0 Å². The van der Waals surface area contributed by atoms with Crippen LogP contribution in [0, 0.1) is 0 Å². The van der Waals surface area contributed by atoms with E-state index in [-0.39, 0.29) is 6.10 Å². The number of hydrogen-bond donors (Lipinski definition) is 2. The molecule has 0 saturated heterocycles. The molecule has 2 aromatic heterocycles. The molecule has 2 rings (SSSR count). The van der Waals surface area contributed by atoms with E-state index in [0.29, 0.717) is 18.3 Å². The molecule has 0 spiro atoms. The molecular weight excluding hydrogens is 320 g/mol. The van der Waals surface area contributed by atoms with E-state index in [2.05, 4.69) is 44.4 Å². The summed E-state index contributed by atoms with van der Waals surface area (Å²) in [5, 5.41) is 11.0. The van der Waals surface area contributed by atoms with E-state index in [9.17, 15) is 0 Å². The molecule has 2 aromatic rings. The van der Waals surface area contributed by atoms with Gasteiger partial charge in [0.25, 0.3) is 0 Å². The predicted molar refractivity (Wildman–Crippen MR) is 101 cm³/mol. The number of pyridine rings is 1. The van der Waals surface area contributed by atoms with Crippen LogP contribution in [-0.4, -0.2) is 30.6 Å². The third kappa shape index (κ3) is 5.85. The molecule has 0 radical (unpaired) electrons. The quantitative estimate of drug-likeness (QED) is 0.596. The van der Waals surface area contributed by atoms with E-state index >= 15 is 0 Å². The van der Waals surface area contributed by atoms with Gasteiger partial charge >= 0.3 is 0 Å². The van der Waals surface area contributed by atoms with E-state index in [1.807, 2.05) is 32.2 Å². The number of rotatable bonds is 7. The van der Waals surface area contributed by atoms with Crippen molar-refractivity contribution in [2.75, 3.05) is 13.6 Å². The van der Waals surface area contributed by atoms with Gasteiger partial charge < -0.3 is 15.4 Å². The van der Waals surface area contributed by atoms with Crippen molar-refractivity contribution >= 4 is 17.3 Å². The molecule has 0 fully saturated rings. The van der Waals surface area contributed by atoms with Gasteiger partial charge in [0.1, 0.15) is 0 Å². The lowest BCUT2D eigenvalue weighted by atomic mass is 10.1. The molecule has 6 heteroatoms. The average Bonchev–Trinajstić information content (AvgIpc) is 3.10. The van der Waals surface area contributed by atoms with Crippen molar-refractivity contribution in [3.8, 4) is 5.88 Å². The first-order valence-corrected chi connectivity index (χ1v) is 9.11. The summed E-state index contributed by atoms with van der Waals surface area (Å²) in [6.07, 6.45) is 1.96. The molecular formula is C18H26N4OS. The minimum atomic E-state index is 0.134. The highest BCUT2D eigenvalue weighted by molar-refractivity contribution is 7.07. The Balaban J connectivity index is 1.79. The number of aliphatic imine (C=N–C) groups is 1. The van der Waals surface area contributed by atoms with E-state index in [0.717, 1.165) is 18.1 Å². The summed E-state index contributed by atoms with van der Waals surface area (Å²) >= 11 is 1.73. The zero-order valence-electron chi connectivity index (χ0n) is 14.7. The van der Waals surface area contributed by atoms with Crippen LogP contribution in [0.1, 0.15) is 37.8 Å². The van der Waals surface area contributed by atoms with Crippen LogP contribution in [0.3, 0.4) is 0 Å². The number of nitrogens with zero attached hydrogens (tertiary/aromatic N) is 2. The molecule has 1 atom stereocenters. The maximum atomic E-state index is 5.55. The summed E-state index contributed by atoms with van der Waals surface area (Å²) in [7, 11) is 1.78. The standard InChI is InChI=1S/C18H26N4OS/c1-13(2)23-17-6-5-15(10-20-17)11-22-18(19-4)21-9-14(3)16-7-8-24-12-16/h5-8,10,12-14H,9,11H2,1-4H3,(H2,19,21,22). The number of hydrogen-bond acceptors (Lipinski definition) is 4. The first-order valence-electron chi connectivity index (χ1n) is 8.16. The largest absolute Gasteiger partial charge is 0.475 e. The smallest absolute Gasteiger partial charge is 0.213 e. The van der Waals surface area contributed by atoms with Crippen molar-refractivity contribution in [3.63, 3.8) is 0 Å². The van der Waals surface area contributed by atoms with Crippen LogP contribution in [0.4, 0.5) is 0 Å². The van der Waals surface area contributed by atoms with E-state index in [4.69, 9.17) is 4.74 Å². The van der Waals surface area contributed by atoms with Crippen molar-refractivity contribution in [1.82, 2.24) is 15.6 Å².